The second-order valence-electron chi connectivity index (χ2n) is 2.57. The normalized spacial score (nSPS) is 11.4. The maximum atomic E-state index is 11.3. The maximum absolute atomic E-state index is 11.3. The third-order valence-electron chi connectivity index (χ3n) is 1.83. The van der Waals surface area contributed by atoms with Crippen LogP contribution in [-0.4, -0.2) is 29.4 Å². The van der Waals surface area contributed by atoms with Gasteiger partial charge < -0.3 is 0 Å². The molecular weight excluding hydrogens is 172 g/mol. The number of rotatable bonds is 0. The molecule has 1 N–H and O–H groups in total. The van der Waals surface area contributed by atoms with Gasteiger partial charge in [0.15, 0.2) is 11.3 Å². The summed E-state index contributed by atoms with van der Waals surface area (Å²) in [4.78, 5) is 11.3. The van der Waals surface area contributed by atoms with Crippen LogP contribution in [0.25, 0.3) is 11.3 Å². The average molecular weight is 176 g/mol. The molecule has 0 amide bonds. The largest absolute Gasteiger partial charge is 0.363 e. The van der Waals surface area contributed by atoms with Crippen molar-refractivity contribution in [2.45, 2.75) is 0 Å². The summed E-state index contributed by atoms with van der Waals surface area (Å²) >= 11 is 0. The molecule has 3 aromatic heterocycles. The Kier molecular flexibility index (Phi) is 0.950. The van der Waals surface area contributed by atoms with Crippen LogP contribution in [0.3, 0.4) is 0 Å². The van der Waals surface area contributed by atoms with Crippen molar-refractivity contribution < 1.29 is 0 Å². The van der Waals surface area contributed by atoms with Crippen LogP contribution >= 0.6 is 0 Å². The van der Waals surface area contributed by atoms with Crippen molar-refractivity contribution in [3.8, 4) is 0 Å². The minimum Gasteiger partial charge on any atom is -0.244 e. The van der Waals surface area contributed by atoms with Crippen LogP contribution in [0.15, 0.2) is 23.3 Å². The quantitative estimate of drug-likeness (QED) is 0.479. The Morgan fingerprint density at radius 2 is 2.15 bits per heavy atom. The highest BCUT2D eigenvalue weighted by atomic mass is 16.2. The van der Waals surface area contributed by atoms with Gasteiger partial charge in [0.25, 0.3) is 0 Å². The van der Waals surface area contributed by atoms with E-state index in [-0.39, 0.29) is 5.69 Å². The summed E-state index contributed by atoms with van der Waals surface area (Å²) in [6, 6.07) is 3.44. The highest BCUT2D eigenvalue weighted by Crippen LogP contribution is 1.99. The van der Waals surface area contributed by atoms with Gasteiger partial charge in [0, 0.05) is 0 Å². The Labute approximate surface area is 70.6 Å². The SMILES string of the molecule is O=c1[nH]nc2ccc3nncn3n12. The van der Waals surface area contributed by atoms with Gasteiger partial charge in [-0.3, -0.25) is 0 Å². The highest BCUT2D eigenvalue weighted by Gasteiger charge is 2.03. The predicted octanol–water partition coefficient (Wildman–Crippen LogP) is -0.935. The second kappa shape index (κ2) is 1.94. The van der Waals surface area contributed by atoms with Crippen molar-refractivity contribution in [3.05, 3.63) is 28.9 Å². The molecule has 0 fully saturated rings. The molecular formula is C6H4N6O. The van der Waals surface area contributed by atoms with Crippen molar-refractivity contribution in [2.75, 3.05) is 0 Å². The Hall–Kier alpha value is -2.18. The van der Waals surface area contributed by atoms with E-state index in [1.165, 1.54) is 15.4 Å². The van der Waals surface area contributed by atoms with E-state index in [2.05, 4.69) is 20.4 Å². The molecule has 0 bridgehead atoms. The van der Waals surface area contributed by atoms with E-state index in [1.54, 1.807) is 12.1 Å². The highest BCUT2D eigenvalue weighted by molar-refractivity contribution is 5.44. The molecule has 7 heteroatoms. The summed E-state index contributed by atoms with van der Waals surface area (Å²) in [6.45, 7) is 0. The van der Waals surface area contributed by atoms with Crippen LogP contribution in [0.5, 0.6) is 0 Å². The third kappa shape index (κ3) is 0.675. The van der Waals surface area contributed by atoms with Gasteiger partial charge in [0.2, 0.25) is 0 Å². The lowest BCUT2D eigenvalue weighted by molar-refractivity contribution is 0.808. The van der Waals surface area contributed by atoms with Crippen LogP contribution in [0, 0.1) is 0 Å². The van der Waals surface area contributed by atoms with E-state index in [4.69, 9.17) is 0 Å². The first-order valence-corrected chi connectivity index (χ1v) is 3.62. The van der Waals surface area contributed by atoms with E-state index in [1.807, 2.05) is 0 Å². The van der Waals surface area contributed by atoms with Crippen LogP contribution in [0.1, 0.15) is 0 Å². The number of nitrogens with one attached hydrogen (secondary N) is 1. The summed E-state index contributed by atoms with van der Waals surface area (Å²) in [5, 5.41) is 13.6. The van der Waals surface area contributed by atoms with Gasteiger partial charge in [-0.25, -0.2) is 14.4 Å². The summed E-state index contributed by atoms with van der Waals surface area (Å²) in [7, 11) is 0. The summed E-state index contributed by atoms with van der Waals surface area (Å²) in [5.74, 6) is 0. The Bertz CT molecular complexity index is 631. The molecule has 3 rings (SSSR count). The van der Waals surface area contributed by atoms with Gasteiger partial charge >= 0.3 is 5.69 Å². The Balaban J connectivity index is 2.78. The van der Waals surface area contributed by atoms with Crippen LogP contribution in [-0.2, 0) is 0 Å². The molecule has 0 radical (unpaired) electrons. The fourth-order valence-electron chi connectivity index (χ4n) is 1.27. The van der Waals surface area contributed by atoms with Crippen LogP contribution < -0.4 is 5.69 Å². The van der Waals surface area contributed by atoms with Gasteiger partial charge in [-0.05, 0) is 12.1 Å². The fourth-order valence-corrected chi connectivity index (χ4v) is 1.27. The molecule has 64 valence electrons. The van der Waals surface area contributed by atoms with Crippen molar-refractivity contribution in [2.24, 2.45) is 0 Å². The van der Waals surface area contributed by atoms with Crippen molar-refractivity contribution >= 4 is 11.3 Å². The summed E-state index contributed by atoms with van der Waals surface area (Å²) in [5.41, 5.74) is 0.841. The number of aromatic nitrogens is 6. The van der Waals surface area contributed by atoms with E-state index in [0.29, 0.717) is 11.3 Å². The molecule has 0 spiro atoms. The number of hydrogen-bond acceptors (Lipinski definition) is 4. The molecule has 3 aromatic rings. The van der Waals surface area contributed by atoms with E-state index in [0.717, 1.165) is 0 Å². The molecule has 0 atom stereocenters. The maximum Gasteiger partial charge on any atom is 0.363 e. The molecule has 0 aliphatic carbocycles. The first kappa shape index (κ1) is 6.35. The van der Waals surface area contributed by atoms with Crippen molar-refractivity contribution in [3.63, 3.8) is 0 Å². The zero-order valence-electron chi connectivity index (χ0n) is 6.38. The van der Waals surface area contributed by atoms with E-state index >= 15 is 0 Å². The van der Waals surface area contributed by atoms with Crippen molar-refractivity contribution in [1.29, 1.82) is 0 Å². The molecule has 3 heterocycles. The van der Waals surface area contributed by atoms with Gasteiger partial charge in [-0.15, -0.1) is 10.2 Å². The zero-order valence-corrected chi connectivity index (χ0v) is 6.38. The minimum atomic E-state index is -0.305. The van der Waals surface area contributed by atoms with Gasteiger partial charge in [0.1, 0.15) is 6.33 Å². The minimum absolute atomic E-state index is 0.305. The lowest BCUT2D eigenvalue weighted by Crippen LogP contribution is -2.15. The van der Waals surface area contributed by atoms with Gasteiger partial charge in [-0.1, -0.05) is 0 Å². The van der Waals surface area contributed by atoms with Crippen molar-refractivity contribution in [1.82, 2.24) is 29.4 Å². The average Bonchev–Trinajstić information content (AvgIpc) is 2.70. The molecule has 0 aliphatic heterocycles. The Morgan fingerprint density at radius 3 is 3.08 bits per heavy atom. The number of H-pyrrole nitrogens is 1. The topological polar surface area (TPSA) is 80.3 Å². The van der Waals surface area contributed by atoms with Crippen LogP contribution in [0.2, 0.25) is 0 Å². The molecule has 0 saturated carbocycles. The molecule has 0 aliphatic rings. The molecule has 7 nitrogen and oxygen atoms in total. The lowest BCUT2D eigenvalue weighted by atomic mass is 10.5. The standard InChI is InChI=1S/C6H4N6O/c13-6-10-9-5-2-1-4-8-7-3-11(4)12(5)6/h1-3H,(H,10,13). The molecule has 0 unspecified atom stereocenters. The van der Waals surface area contributed by atoms with E-state index < -0.39 is 0 Å². The smallest absolute Gasteiger partial charge is 0.244 e. The van der Waals surface area contributed by atoms with Gasteiger partial charge in [0.05, 0.1) is 0 Å². The first-order chi connectivity index (χ1) is 6.36. The van der Waals surface area contributed by atoms with Crippen LogP contribution in [0.4, 0.5) is 0 Å². The molecule has 0 saturated heterocycles. The zero-order chi connectivity index (χ0) is 8.84. The lowest BCUT2D eigenvalue weighted by Gasteiger charge is -1.93. The first-order valence-electron chi connectivity index (χ1n) is 3.62. The second-order valence-corrected chi connectivity index (χ2v) is 2.57. The fraction of sp³-hybridized carbons (Fsp3) is 0. The summed E-state index contributed by atoms with van der Waals surface area (Å²) < 4.78 is 2.89. The monoisotopic (exact) mass is 176 g/mol. The number of aromatic amines is 1. The summed E-state index contributed by atoms with van der Waals surface area (Å²) in [6.07, 6.45) is 1.46. The van der Waals surface area contributed by atoms with Gasteiger partial charge in [-0.2, -0.15) is 9.61 Å². The number of nitrogens with zero attached hydrogens (tertiary/aromatic N) is 5. The predicted molar refractivity (Wildman–Crippen MR) is 42.4 cm³/mol. The van der Waals surface area contributed by atoms with E-state index in [9.17, 15) is 4.79 Å². The Morgan fingerprint density at radius 1 is 1.31 bits per heavy atom. The number of fused-ring (bicyclic) bond motifs is 3. The molecule has 13 heavy (non-hydrogen) atoms. The number of hydrogen-bond donors (Lipinski definition) is 1. The third-order valence-corrected chi connectivity index (χ3v) is 1.83. The molecule has 0 aromatic carbocycles.